The summed E-state index contributed by atoms with van der Waals surface area (Å²) < 4.78 is 0. The van der Waals surface area contributed by atoms with E-state index in [4.69, 9.17) is 0 Å². The number of urea groups is 1. The minimum Gasteiger partial charge on any atom is -0.357 e. The van der Waals surface area contributed by atoms with Crippen LogP contribution >= 0.6 is 24.0 Å². The molecule has 0 bridgehead atoms. The van der Waals surface area contributed by atoms with Gasteiger partial charge >= 0.3 is 6.03 Å². The van der Waals surface area contributed by atoms with E-state index in [0.717, 1.165) is 12.5 Å². The van der Waals surface area contributed by atoms with Gasteiger partial charge in [-0.25, -0.2) is 4.79 Å². The van der Waals surface area contributed by atoms with E-state index in [1.807, 2.05) is 11.8 Å². The van der Waals surface area contributed by atoms with E-state index in [2.05, 4.69) is 20.5 Å². The Morgan fingerprint density at radius 3 is 2.33 bits per heavy atom. The van der Waals surface area contributed by atoms with Crippen molar-refractivity contribution >= 4 is 47.8 Å². The van der Waals surface area contributed by atoms with E-state index in [0.29, 0.717) is 32.7 Å². The molecule has 2 saturated heterocycles. The molecule has 0 aromatic heterocycles. The van der Waals surface area contributed by atoms with Gasteiger partial charge in [0, 0.05) is 39.6 Å². The number of rotatable bonds is 4. The smallest absolute Gasteiger partial charge is 0.324 e. The number of amides is 4. The topological polar surface area (TPSA) is 97.3 Å². The van der Waals surface area contributed by atoms with Gasteiger partial charge in [-0.05, 0) is 6.92 Å². The van der Waals surface area contributed by atoms with Crippen molar-refractivity contribution in [3.05, 3.63) is 0 Å². The van der Waals surface area contributed by atoms with Crippen LogP contribution in [0.4, 0.5) is 4.79 Å². The van der Waals surface area contributed by atoms with E-state index in [-0.39, 0.29) is 54.9 Å². The van der Waals surface area contributed by atoms with Crippen molar-refractivity contribution in [1.29, 1.82) is 0 Å². The van der Waals surface area contributed by atoms with Gasteiger partial charge in [0.15, 0.2) is 5.96 Å². The predicted octanol–water partition coefficient (Wildman–Crippen LogP) is -0.714. The third-order valence-electron chi connectivity index (χ3n) is 3.88. The minimum atomic E-state index is -0.356. The standard InChI is InChI=1S/C14H24N6O3.HI/c1-3-15-13(19-8-6-18(7-9-19)11(2)21)16-4-5-20-12(22)10-17-14(20)23;/h3-10H2,1-2H3,(H,15,16)(H,17,23);1H. The molecule has 10 heteroatoms. The Kier molecular flexibility index (Phi) is 8.22. The number of piperazine rings is 1. The molecule has 0 aromatic rings. The summed E-state index contributed by atoms with van der Waals surface area (Å²) in [5.41, 5.74) is 0. The zero-order chi connectivity index (χ0) is 16.8. The van der Waals surface area contributed by atoms with Gasteiger partial charge in [0.25, 0.3) is 0 Å². The van der Waals surface area contributed by atoms with Gasteiger partial charge in [0.1, 0.15) is 0 Å². The number of aliphatic imine (C=N–C) groups is 1. The van der Waals surface area contributed by atoms with Crippen LogP contribution in [0.15, 0.2) is 4.99 Å². The maximum atomic E-state index is 11.5. The number of guanidine groups is 1. The number of nitrogens with zero attached hydrogens (tertiary/aromatic N) is 4. The first kappa shape index (κ1) is 20.5. The molecule has 2 fully saturated rings. The summed E-state index contributed by atoms with van der Waals surface area (Å²) in [5, 5.41) is 5.70. The second-order valence-corrected chi connectivity index (χ2v) is 5.43. The number of hydrogen-bond acceptors (Lipinski definition) is 4. The van der Waals surface area contributed by atoms with Crippen LogP contribution in [0.25, 0.3) is 0 Å². The van der Waals surface area contributed by atoms with Crippen molar-refractivity contribution in [3.8, 4) is 0 Å². The summed E-state index contributed by atoms with van der Waals surface area (Å²) in [4.78, 5) is 43.9. The molecule has 4 amide bonds. The lowest BCUT2D eigenvalue weighted by molar-refractivity contribution is -0.130. The van der Waals surface area contributed by atoms with Crippen LogP contribution in [0, 0.1) is 0 Å². The molecule has 0 aliphatic carbocycles. The predicted molar refractivity (Wildman–Crippen MR) is 100 cm³/mol. The second kappa shape index (κ2) is 9.64. The van der Waals surface area contributed by atoms with Gasteiger partial charge in [-0.1, -0.05) is 0 Å². The Bertz CT molecular complexity index is 489. The van der Waals surface area contributed by atoms with Gasteiger partial charge in [-0.2, -0.15) is 0 Å². The summed E-state index contributed by atoms with van der Waals surface area (Å²) in [7, 11) is 0. The molecule has 24 heavy (non-hydrogen) atoms. The Labute approximate surface area is 158 Å². The summed E-state index contributed by atoms with van der Waals surface area (Å²) in [6, 6.07) is -0.356. The summed E-state index contributed by atoms with van der Waals surface area (Å²) in [6.07, 6.45) is 0. The van der Waals surface area contributed by atoms with Crippen molar-refractivity contribution in [2.75, 3.05) is 52.4 Å². The number of carbonyl (C=O) groups is 3. The molecule has 0 unspecified atom stereocenters. The highest BCUT2D eigenvalue weighted by molar-refractivity contribution is 14.0. The molecule has 0 aromatic carbocycles. The Hall–Kier alpha value is -1.59. The van der Waals surface area contributed by atoms with Gasteiger partial charge < -0.3 is 20.4 Å². The molecule has 0 atom stereocenters. The zero-order valence-corrected chi connectivity index (χ0v) is 16.4. The molecule has 2 aliphatic rings. The molecule has 9 nitrogen and oxygen atoms in total. The highest BCUT2D eigenvalue weighted by Gasteiger charge is 2.27. The van der Waals surface area contributed by atoms with E-state index < -0.39 is 0 Å². The largest absolute Gasteiger partial charge is 0.357 e. The first-order valence-corrected chi connectivity index (χ1v) is 7.90. The number of carbonyl (C=O) groups excluding carboxylic acids is 3. The summed E-state index contributed by atoms with van der Waals surface area (Å²) >= 11 is 0. The Morgan fingerprint density at radius 2 is 1.83 bits per heavy atom. The van der Waals surface area contributed by atoms with Crippen molar-refractivity contribution in [2.45, 2.75) is 13.8 Å². The van der Waals surface area contributed by atoms with Gasteiger partial charge in [-0.15, -0.1) is 24.0 Å². The van der Waals surface area contributed by atoms with Crippen LogP contribution in [0.1, 0.15) is 13.8 Å². The molecule has 2 heterocycles. The highest BCUT2D eigenvalue weighted by atomic mass is 127. The average Bonchev–Trinajstić information content (AvgIpc) is 2.86. The lowest BCUT2D eigenvalue weighted by Gasteiger charge is -2.36. The summed E-state index contributed by atoms with van der Waals surface area (Å²) in [6.45, 7) is 7.76. The van der Waals surface area contributed by atoms with E-state index in [9.17, 15) is 14.4 Å². The SMILES string of the molecule is CCNC(=NCCN1C(=O)CNC1=O)N1CCN(C(C)=O)CC1.I. The van der Waals surface area contributed by atoms with Crippen LogP contribution in [0.5, 0.6) is 0 Å². The zero-order valence-electron chi connectivity index (χ0n) is 14.1. The van der Waals surface area contributed by atoms with Crippen molar-refractivity contribution in [3.63, 3.8) is 0 Å². The van der Waals surface area contributed by atoms with Crippen LogP contribution in [-0.4, -0.2) is 90.9 Å². The lowest BCUT2D eigenvalue weighted by atomic mass is 10.3. The molecular formula is C14H25IN6O3. The number of halogens is 1. The molecular weight excluding hydrogens is 427 g/mol. The number of nitrogens with one attached hydrogen (secondary N) is 2. The van der Waals surface area contributed by atoms with Crippen molar-refractivity contribution in [2.24, 2.45) is 4.99 Å². The molecule has 0 saturated carbocycles. The molecule has 0 spiro atoms. The fourth-order valence-corrected chi connectivity index (χ4v) is 2.60. The maximum Gasteiger partial charge on any atom is 0.324 e. The third-order valence-corrected chi connectivity index (χ3v) is 3.88. The van der Waals surface area contributed by atoms with Crippen molar-refractivity contribution in [1.82, 2.24) is 25.3 Å². The van der Waals surface area contributed by atoms with Crippen LogP contribution in [0.3, 0.4) is 0 Å². The molecule has 136 valence electrons. The molecule has 2 rings (SSSR count). The van der Waals surface area contributed by atoms with Crippen LogP contribution < -0.4 is 10.6 Å². The van der Waals surface area contributed by atoms with Gasteiger partial charge in [-0.3, -0.25) is 19.5 Å². The van der Waals surface area contributed by atoms with E-state index in [1.54, 1.807) is 6.92 Å². The first-order chi connectivity index (χ1) is 11.0. The first-order valence-electron chi connectivity index (χ1n) is 7.90. The Morgan fingerprint density at radius 1 is 1.21 bits per heavy atom. The normalized spacial score (nSPS) is 18.4. The Balaban J connectivity index is 0.00000288. The van der Waals surface area contributed by atoms with Crippen molar-refractivity contribution < 1.29 is 14.4 Å². The highest BCUT2D eigenvalue weighted by Crippen LogP contribution is 2.03. The third kappa shape index (κ3) is 5.21. The van der Waals surface area contributed by atoms with Crippen LogP contribution in [0.2, 0.25) is 0 Å². The minimum absolute atomic E-state index is 0. The van der Waals surface area contributed by atoms with Crippen LogP contribution in [-0.2, 0) is 9.59 Å². The fraction of sp³-hybridized carbons (Fsp3) is 0.714. The average molecular weight is 452 g/mol. The fourth-order valence-electron chi connectivity index (χ4n) is 2.60. The van der Waals surface area contributed by atoms with E-state index >= 15 is 0 Å². The number of hydrogen-bond donors (Lipinski definition) is 2. The quantitative estimate of drug-likeness (QED) is 0.254. The maximum absolute atomic E-state index is 11.5. The monoisotopic (exact) mass is 452 g/mol. The molecule has 2 N–H and O–H groups in total. The van der Waals surface area contributed by atoms with Gasteiger partial charge in [0.05, 0.1) is 19.6 Å². The van der Waals surface area contributed by atoms with Gasteiger partial charge in [0.2, 0.25) is 11.8 Å². The molecule has 2 aliphatic heterocycles. The summed E-state index contributed by atoms with van der Waals surface area (Å²) in [5.74, 6) is 0.623. The number of imide groups is 1. The lowest BCUT2D eigenvalue weighted by Crippen LogP contribution is -2.53. The van der Waals surface area contributed by atoms with E-state index in [1.165, 1.54) is 4.90 Å². The second-order valence-electron chi connectivity index (χ2n) is 5.43. The molecule has 0 radical (unpaired) electrons.